The highest BCUT2D eigenvalue weighted by Crippen LogP contribution is 2.26. The second kappa shape index (κ2) is 11.4. The number of hydrogen-bond acceptors (Lipinski definition) is 5. The molecular weight excluding hydrogens is 470 g/mol. The molecule has 2 N–H and O–H groups in total. The Bertz CT molecular complexity index is 1380. The number of carbonyl (C=O) groups excluding carboxylic acids is 2. The van der Waals surface area contributed by atoms with Gasteiger partial charge in [0.25, 0.3) is 5.91 Å². The summed E-state index contributed by atoms with van der Waals surface area (Å²) in [5.41, 5.74) is 2.40. The highest BCUT2D eigenvalue weighted by atomic mass is 32.2. The maximum absolute atomic E-state index is 12.9. The first kappa shape index (κ1) is 25.4. The smallest absolute Gasteiger partial charge is 0.251 e. The molecule has 8 heteroatoms. The fraction of sp³-hybridized carbons (Fsp3) is 0.286. The van der Waals surface area contributed by atoms with Gasteiger partial charge in [-0.05, 0) is 54.8 Å². The van der Waals surface area contributed by atoms with E-state index in [-0.39, 0.29) is 29.5 Å². The van der Waals surface area contributed by atoms with Gasteiger partial charge < -0.3 is 15.2 Å². The number of aryl methyl sites for hydroxylation is 1. The molecule has 0 spiro atoms. The van der Waals surface area contributed by atoms with Crippen LogP contribution in [-0.2, 0) is 11.3 Å². The van der Waals surface area contributed by atoms with Gasteiger partial charge in [0.2, 0.25) is 5.91 Å². The average Bonchev–Trinajstić information content (AvgIpc) is 3.28. The third-order valence-electron chi connectivity index (χ3n) is 5.94. The third kappa shape index (κ3) is 5.94. The Labute approximate surface area is 215 Å². The first-order valence-electron chi connectivity index (χ1n) is 12.1. The van der Waals surface area contributed by atoms with E-state index < -0.39 is 0 Å². The van der Waals surface area contributed by atoms with E-state index in [0.29, 0.717) is 23.1 Å². The summed E-state index contributed by atoms with van der Waals surface area (Å²) in [6.07, 6.45) is 0. The van der Waals surface area contributed by atoms with Crippen LogP contribution in [-0.4, -0.2) is 32.3 Å². The average molecular weight is 502 g/mol. The van der Waals surface area contributed by atoms with E-state index in [1.165, 1.54) is 11.8 Å². The number of fused-ring (bicyclic) bond motifs is 1. The van der Waals surface area contributed by atoms with Crippen molar-refractivity contribution in [1.82, 2.24) is 20.1 Å². The number of carbonyl (C=O) groups is 2. The molecule has 2 amide bonds. The van der Waals surface area contributed by atoms with Crippen molar-refractivity contribution < 1.29 is 9.59 Å². The van der Waals surface area contributed by atoms with Crippen molar-refractivity contribution in [2.75, 3.05) is 11.1 Å². The zero-order valence-electron chi connectivity index (χ0n) is 21.0. The zero-order chi connectivity index (χ0) is 25.7. The molecule has 0 unspecified atom stereocenters. The topological polar surface area (TPSA) is 88.9 Å². The van der Waals surface area contributed by atoms with Gasteiger partial charge >= 0.3 is 0 Å². The van der Waals surface area contributed by atoms with Gasteiger partial charge in [-0.3, -0.25) is 9.59 Å². The molecule has 0 bridgehead atoms. The summed E-state index contributed by atoms with van der Waals surface area (Å²) in [4.78, 5) is 25.6. The van der Waals surface area contributed by atoms with Gasteiger partial charge in [-0.25, -0.2) is 0 Å². The molecule has 0 aliphatic heterocycles. The van der Waals surface area contributed by atoms with Crippen LogP contribution in [0.15, 0.2) is 71.9 Å². The first-order chi connectivity index (χ1) is 17.4. The minimum Gasteiger partial charge on any atom is -0.342 e. The van der Waals surface area contributed by atoms with E-state index in [0.717, 1.165) is 22.0 Å². The molecule has 4 aromatic rings. The van der Waals surface area contributed by atoms with Crippen LogP contribution in [0.25, 0.3) is 10.8 Å². The fourth-order valence-electron chi connectivity index (χ4n) is 4.07. The highest BCUT2D eigenvalue weighted by Gasteiger charge is 2.26. The summed E-state index contributed by atoms with van der Waals surface area (Å²) in [6.45, 7) is 8.68. The van der Waals surface area contributed by atoms with Gasteiger partial charge in [0.05, 0.1) is 11.8 Å². The molecule has 36 heavy (non-hydrogen) atoms. The van der Waals surface area contributed by atoms with Crippen LogP contribution in [0.1, 0.15) is 48.6 Å². The van der Waals surface area contributed by atoms with Gasteiger partial charge in [-0.15, -0.1) is 10.2 Å². The number of nitrogens with zero attached hydrogens (tertiary/aromatic N) is 3. The predicted octanol–water partition coefficient (Wildman–Crippen LogP) is 5.62. The number of rotatable bonds is 9. The van der Waals surface area contributed by atoms with E-state index in [4.69, 9.17) is 0 Å². The monoisotopic (exact) mass is 501 g/mol. The maximum Gasteiger partial charge on any atom is 0.251 e. The molecule has 3 aromatic carbocycles. The molecule has 0 fully saturated rings. The molecule has 1 aromatic heterocycles. The summed E-state index contributed by atoms with van der Waals surface area (Å²) >= 11 is 1.33. The Morgan fingerprint density at radius 2 is 1.75 bits per heavy atom. The van der Waals surface area contributed by atoms with Crippen LogP contribution < -0.4 is 10.6 Å². The number of nitrogens with one attached hydrogen (secondary N) is 2. The van der Waals surface area contributed by atoms with Crippen molar-refractivity contribution in [3.63, 3.8) is 0 Å². The largest absolute Gasteiger partial charge is 0.342 e. The van der Waals surface area contributed by atoms with Crippen LogP contribution >= 0.6 is 11.8 Å². The van der Waals surface area contributed by atoms with Gasteiger partial charge in [0, 0.05) is 17.8 Å². The number of anilines is 1. The number of benzene rings is 3. The Morgan fingerprint density at radius 3 is 2.47 bits per heavy atom. The van der Waals surface area contributed by atoms with E-state index in [1.807, 2.05) is 92.9 Å². The quantitative estimate of drug-likeness (QED) is 0.291. The summed E-state index contributed by atoms with van der Waals surface area (Å²) in [5.74, 6) is 0.725. The van der Waals surface area contributed by atoms with Crippen LogP contribution in [0.4, 0.5) is 5.69 Å². The summed E-state index contributed by atoms with van der Waals surface area (Å²) in [6, 6.07) is 21.1. The van der Waals surface area contributed by atoms with Gasteiger partial charge in [-0.2, -0.15) is 0 Å². The van der Waals surface area contributed by atoms with E-state index in [1.54, 1.807) is 6.07 Å². The minimum atomic E-state index is -0.314. The lowest BCUT2D eigenvalue weighted by Crippen LogP contribution is -2.33. The maximum atomic E-state index is 12.9. The first-order valence-corrected chi connectivity index (χ1v) is 13.1. The van der Waals surface area contributed by atoms with Crippen LogP contribution in [0.2, 0.25) is 0 Å². The predicted molar refractivity (Wildman–Crippen MR) is 145 cm³/mol. The second-order valence-electron chi connectivity index (χ2n) is 9.05. The summed E-state index contributed by atoms with van der Waals surface area (Å²) in [7, 11) is 0. The number of amides is 2. The third-order valence-corrected chi connectivity index (χ3v) is 6.91. The molecule has 4 rings (SSSR count). The van der Waals surface area contributed by atoms with E-state index >= 15 is 0 Å². The second-order valence-corrected chi connectivity index (χ2v) is 9.99. The van der Waals surface area contributed by atoms with E-state index in [9.17, 15) is 9.59 Å². The Morgan fingerprint density at radius 1 is 0.972 bits per heavy atom. The van der Waals surface area contributed by atoms with Crippen molar-refractivity contribution in [3.05, 3.63) is 83.7 Å². The lowest BCUT2D eigenvalue weighted by atomic mass is 10.0. The lowest BCUT2D eigenvalue weighted by Gasteiger charge is -2.22. The van der Waals surface area contributed by atoms with Crippen molar-refractivity contribution >= 4 is 40.0 Å². The Hall–Kier alpha value is -3.65. The SMILES string of the molecule is CCn1c(SCC(=O)Nc2ccc3ccccc3c2)nnc1[C@@H](NC(=O)c1cccc(C)c1)C(C)C. The van der Waals surface area contributed by atoms with Gasteiger partial charge in [-0.1, -0.05) is 73.6 Å². The molecule has 0 saturated carbocycles. The molecular formula is C28H31N5O2S. The summed E-state index contributed by atoms with van der Waals surface area (Å²) in [5, 5.41) is 17.7. The molecule has 0 radical (unpaired) electrons. The number of aromatic nitrogens is 3. The zero-order valence-corrected chi connectivity index (χ0v) is 21.8. The normalized spacial score (nSPS) is 12.0. The molecule has 0 aliphatic carbocycles. The van der Waals surface area contributed by atoms with Crippen LogP contribution in [0.3, 0.4) is 0 Å². The number of hydrogen-bond donors (Lipinski definition) is 2. The standard InChI is InChI=1S/C28H31N5O2S/c1-5-33-26(25(18(2)3)30-27(35)22-12-8-9-19(4)15-22)31-32-28(33)36-17-24(34)29-23-14-13-20-10-6-7-11-21(20)16-23/h6-16,18,25H,5,17H2,1-4H3,(H,29,34)(H,30,35)/t25-/m0/s1. The van der Waals surface area contributed by atoms with Gasteiger partial charge in [0.1, 0.15) is 0 Å². The Balaban J connectivity index is 1.44. The van der Waals surface area contributed by atoms with E-state index in [2.05, 4.69) is 20.8 Å². The lowest BCUT2D eigenvalue weighted by molar-refractivity contribution is -0.113. The highest BCUT2D eigenvalue weighted by molar-refractivity contribution is 7.99. The fourth-order valence-corrected chi connectivity index (χ4v) is 4.88. The van der Waals surface area contributed by atoms with Crippen LogP contribution in [0, 0.1) is 12.8 Å². The van der Waals surface area contributed by atoms with Crippen LogP contribution in [0.5, 0.6) is 0 Å². The summed E-state index contributed by atoms with van der Waals surface area (Å²) < 4.78 is 1.97. The molecule has 1 atom stereocenters. The molecule has 0 saturated heterocycles. The van der Waals surface area contributed by atoms with Gasteiger partial charge in [0.15, 0.2) is 11.0 Å². The Kier molecular flexibility index (Phi) is 8.05. The minimum absolute atomic E-state index is 0.0994. The molecule has 1 heterocycles. The van der Waals surface area contributed by atoms with Crippen molar-refractivity contribution in [1.29, 1.82) is 0 Å². The molecule has 7 nitrogen and oxygen atoms in total. The molecule has 0 aliphatic rings. The van der Waals surface area contributed by atoms with Crippen molar-refractivity contribution in [2.24, 2.45) is 5.92 Å². The van der Waals surface area contributed by atoms with Crippen molar-refractivity contribution in [3.8, 4) is 0 Å². The number of thioether (sulfide) groups is 1. The van der Waals surface area contributed by atoms with Crippen molar-refractivity contribution in [2.45, 2.75) is 45.4 Å². The molecule has 186 valence electrons.